The molecule has 6 heteroatoms. The van der Waals surface area contributed by atoms with Gasteiger partial charge in [0.25, 0.3) is 0 Å². The highest BCUT2D eigenvalue weighted by Gasteiger charge is 2.10. The number of hydrogen-bond donors (Lipinski definition) is 2. The third-order valence-corrected chi connectivity index (χ3v) is 1.35. The molecule has 0 saturated carbocycles. The van der Waals surface area contributed by atoms with E-state index in [1.54, 1.807) is 0 Å². The van der Waals surface area contributed by atoms with Crippen molar-refractivity contribution in [2.75, 3.05) is 6.61 Å². The van der Waals surface area contributed by atoms with Crippen LogP contribution >= 0.6 is 0 Å². The lowest BCUT2D eigenvalue weighted by molar-refractivity contribution is -0.139. The molecular weight excluding hydrogens is 198 g/mol. The summed E-state index contributed by atoms with van der Waals surface area (Å²) in [5.41, 5.74) is 0. The lowest BCUT2D eigenvalue weighted by atomic mass is 10.3. The van der Waals surface area contributed by atoms with Gasteiger partial charge in [-0.3, -0.25) is 0 Å². The van der Waals surface area contributed by atoms with Crippen LogP contribution in [0.3, 0.4) is 0 Å². The highest BCUT2D eigenvalue weighted by Crippen LogP contribution is 2.28. The maximum absolute atomic E-state index is 12.6. The molecule has 0 unspecified atom stereocenters. The zero-order chi connectivity index (χ0) is 10.7. The highest BCUT2D eigenvalue weighted by molar-refractivity contribution is 5.68. The van der Waals surface area contributed by atoms with Gasteiger partial charge in [-0.25, -0.2) is 13.6 Å². The molecule has 1 aromatic carbocycles. The zero-order valence-electron chi connectivity index (χ0n) is 6.83. The largest absolute Gasteiger partial charge is 0.504 e. The molecule has 4 nitrogen and oxygen atoms in total. The predicted molar refractivity (Wildman–Crippen MR) is 41.2 cm³/mol. The molecule has 0 radical (unpaired) electrons. The number of aliphatic carboxylic acids is 1. The van der Waals surface area contributed by atoms with Crippen molar-refractivity contribution in [2.24, 2.45) is 0 Å². The van der Waals surface area contributed by atoms with Crippen LogP contribution in [0.5, 0.6) is 11.5 Å². The summed E-state index contributed by atoms with van der Waals surface area (Å²) in [4.78, 5) is 10.1. The van der Waals surface area contributed by atoms with Crippen LogP contribution in [-0.4, -0.2) is 22.8 Å². The van der Waals surface area contributed by atoms with E-state index in [2.05, 4.69) is 4.74 Å². The number of rotatable bonds is 3. The van der Waals surface area contributed by atoms with Gasteiger partial charge in [-0.15, -0.1) is 0 Å². The van der Waals surface area contributed by atoms with Gasteiger partial charge in [0, 0.05) is 12.1 Å². The van der Waals surface area contributed by atoms with Gasteiger partial charge >= 0.3 is 5.97 Å². The smallest absolute Gasteiger partial charge is 0.341 e. The minimum atomic E-state index is -1.28. The van der Waals surface area contributed by atoms with E-state index in [0.717, 1.165) is 0 Å². The lowest BCUT2D eigenvalue weighted by Gasteiger charge is -2.05. The molecule has 0 aromatic heterocycles. The van der Waals surface area contributed by atoms with Gasteiger partial charge in [-0.2, -0.15) is 0 Å². The zero-order valence-corrected chi connectivity index (χ0v) is 6.83. The van der Waals surface area contributed by atoms with Gasteiger partial charge in [0.2, 0.25) is 0 Å². The highest BCUT2D eigenvalue weighted by atomic mass is 19.2. The maximum atomic E-state index is 12.6. The summed E-state index contributed by atoms with van der Waals surface area (Å²) in [7, 11) is 0. The van der Waals surface area contributed by atoms with E-state index in [4.69, 9.17) is 10.2 Å². The number of aromatic hydroxyl groups is 1. The molecule has 0 saturated heterocycles. The number of ether oxygens (including phenoxy) is 1. The molecule has 1 rings (SSSR count). The molecule has 0 heterocycles. The molecule has 76 valence electrons. The fourth-order valence-corrected chi connectivity index (χ4v) is 0.773. The fourth-order valence-electron chi connectivity index (χ4n) is 0.773. The second-order valence-corrected chi connectivity index (χ2v) is 2.42. The van der Waals surface area contributed by atoms with Crippen molar-refractivity contribution in [1.29, 1.82) is 0 Å². The fraction of sp³-hybridized carbons (Fsp3) is 0.125. The Morgan fingerprint density at radius 1 is 1.36 bits per heavy atom. The van der Waals surface area contributed by atoms with Crippen molar-refractivity contribution in [1.82, 2.24) is 0 Å². The molecule has 0 aliphatic rings. The Bertz CT molecular complexity index is 365. The van der Waals surface area contributed by atoms with Gasteiger partial charge in [0.1, 0.15) is 0 Å². The molecule has 0 aliphatic heterocycles. The number of benzene rings is 1. The Morgan fingerprint density at radius 3 is 2.50 bits per heavy atom. The monoisotopic (exact) mass is 204 g/mol. The molecule has 14 heavy (non-hydrogen) atoms. The normalized spacial score (nSPS) is 9.86. The third kappa shape index (κ3) is 2.32. The molecule has 0 spiro atoms. The Hall–Kier alpha value is -1.85. The first-order valence-electron chi connectivity index (χ1n) is 3.53. The van der Waals surface area contributed by atoms with Crippen molar-refractivity contribution in [3.05, 3.63) is 23.8 Å². The summed E-state index contributed by atoms with van der Waals surface area (Å²) in [6.07, 6.45) is 0. The molecule has 0 atom stereocenters. The Balaban J connectivity index is 2.87. The van der Waals surface area contributed by atoms with Crippen LogP contribution in [0.1, 0.15) is 0 Å². The van der Waals surface area contributed by atoms with Crippen molar-refractivity contribution < 1.29 is 28.5 Å². The van der Waals surface area contributed by atoms with E-state index in [9.17, 15) is 13.6 Å². The first-order chi connectivity index (χ1) is 6.50. The van der Waals surface area contributed by atoms with E-state index in [-0.39, 0.29) is 0 Å². The van der Waals surface area contributed by atoms with Crippen LogP contribution in [0.4, 0.5) is 8.78 Å². The maximum Gasteiger partial charge on any atom is 0.341 e. The van der Waals surface area contributed by atoms with Gasteiger partial charge in [-0.1, -0.05) is 0 Å². The molecular formula is C8H6F2O4. The van der Waals surface area contributed by atoms with E-state index in [1.807, 2.05) is 0 Å². The number of carboxylic acid groups (broad SMARTS) is 1. The van der Waals surface area contributed by atoms with Crippen molar-refractivity contribution in [3.8, 4) is 11.5 Å². The number of hydrogen-bond acceptors (Lipinski definition) is 3. The van der Waals surface area contributed by atoms with Crippen molar-refractivity contribution in [2.45, 2.75) is 0 Å². The molecule has 0 fully saturated rings. The number of carboxylic acids is 1. The van der Waals surface area contributed by atoms with Crippen LogP contribution < -0.4 is 4.74 Å². The number of phenolic OH excluding ortho intramolecular Hbond substituents is 1. The summed E-state index contributed by atoms with van der Waals surface area (Å²) in [6, 6.07) is 1.08. The summed E-state index contributed by atoms with van der Waals surface area (Å²) >= 11 is 0. The van der Waals surface area contributed by atoms with Crippen molar-refractivity contribution >= 4 is 5.97 Å². The second-order valence-electron chi connectivity index (χ2n) is 2.42. The van der Waals surface area contributed by atoms with Crippen LogP contribution in [0.2, 0.25) is 0 Å². The topological polar surface area (TPSA) is 66.8 Å². The summed E-state index contributed by atoms with van der Waals surface area (Å²) < 4.78 is 29.5. The number of phenols is 1. The van der Waals surface area contributed by atoms with Crippen molar-refractivity contribution in [3.63, 3.8) is 0 Å². The van der Waals surface area contributed by atoms with Gasteiger partial charge in [0.05, 0.1) is 0 Å². The Morgan fingerprint density at radius 2 is 1.93 bits per heavy atom. The van der Waals surface area contributed by atoms with Crippen LogP contribution in [-0.2, 0) is 4.79 Å². The van der Waals surface area contributed by atoms with Gasteiger partial charge in [0.15, 0.2) is 29.7 Å². The minimum Gasteiger partial charge on any atom is -0.504 e. The molecule has 0 aliphatic carbocycles. The van der Waals surface area contributed by atoms with E-state index >= 15 is 0 Å². The molecule has 1 aromatic rings. The lowest BCUT2D eigenvalue weighted by Crippen LogP contribution is -2.09. The second kappa shape index (κ2) is 3.91. The third-order valence-electron chi connectivity index (χ3n) is 1.35. The van der Waals surface area contributed by atoms with E-state index in [0.29, 0.717) is 12.1 Å². The average molecular weight is 204 g/mol. The predicted octanol–water partition coefficient (Wildman–Crippen LogP) is 1.13. The molecule has 0 amide bonds. The van der Waals surface area contributed by atoms with Crippen LogP contribution in [0, 0.1) is 11.6 Å². The quantitative estimate of drug-likeness (QED) is 0.774. The average Bonchev–Trinajstić information content (AvgIpc) is 2.09. The molecule has 0 bridgehead atoms. The summed E-state index contributed by atoms with van der Waals surface area (Å²) in [5, 5.41) is 17.2. The van der Waals surface area contributed by atoms with Gasteiger partial charge < -0.3 is 14.9 Å². The number of carbonyl (C=O) groups is 1. The summed E-state index contributed by atoms with van der Waals surface area (Å²) in [5.74, 6) is -4.79. The number of halogens is 2. The standard InChI is InChI=1S/C8H6F2O4/c9-4-1-6(11)7(2-5(4)10)14-3-8(12)13/h1-2,11H,3H2,(H,12,13). The minimum absolute atomic E-state index is 0.411. The Labute approximate surface area is 77.4 Å². The van der Waals surface area contributed by atoms with Gasteiger partial charge in [-0.05, 0) is 0 Å². The first kappa shape index (κ1) is 10.2. The van der Waals surface area contributed by atoms with E-state index < -0.39 is 35.7 Å². The van der Waals surface area contributed by atoms with Crippen LogP contribution in [0.25, 0.3) is 0 Å². The van der Waals surface area contributed by atoms with E-state index in [1.165, 1.54) is 0 Å². The summed E-state index contributed by atoms with van der Waals surface area (Å²) in [6.45, 7) is -0.737. The van der Waals surface area contributed by atoms with Crippen LogP contribution in [0.15, 0.2) is 12.1 Å². The Kier molecular flexibility index (Phi) is 2.85. The first-order valence-corrected chi connectivity index (χ1v) is 3.53. The molecule has 2 N–H and O–H groups in total. The SMILES string of the molecule is O=C(O)COc1cc(F)c(F)cc1O.